The van der Waals surface area contributed by atoms with Crippen molar-refractivity contribution < 1.29 is 4.74 Å². The summed E-state index contributed by atoms with van der Waals surface area (Å²) in [5.74, 6) is 0.915. The fraction of sp³-hybridized carbons (Fsp3) is 0.438. The van der Waals surface area contributed by atoms with Crippen molar-refractivity contribution in [2.75, 3.05) is 13.2 Å². The van der Waals surface area contributed by atoms with Gasteiger partial charge >= 0.3 is 0 Å². The zero-order valence-electron chi connectivity index (χ0n) is 12.3. The van der Waals surface area contributed by atoms with Crippen LogP contribution in [0.25, 0.3) is 0 Å². The van der Waals surface area contributed by atoms with Gasteiger partial charge in [-0.3, -0.25) is 0 Å². The molecule has 0 bridgehead atoms. The highest BCUT2D eigenvalue weighted by Gasteiger charge is 2.16. The van der Waals surface area contributed by atoms with E-state index in [9.17, 15) is 0 Å². The Morgan fingerprint density at radius 2 is 1.95 bits per heavy atom. The molecule has 1 N–H and O–H groups in total. The standard InChI is InChI=1S/C16H22N2OS/c1-16(2,3)14-12-20-15(18-14)11-17-9-10-19-13-7-5-4-6-8-13/h4-8,12,17H,9-11H2,1-3H3. The van der Waals surface area contributed by atoms with Crippen molar-refractivity contribution in [3.05, 3.63) is 46.4 Å². The van der Waals surface area contributed by atoms with Gasteiger partial charge < -0.3 is 10.1 Å². The van der Waals surface area contributed by atoms with Gasteiger partial charge in [-0.1, -0.05) is 39.0 Å². The van der Waals surface area contributed by atoms with E-state index in [0.717, 1.165) is 23.8 Å². The molecular formula is C16H22N2OS. The number of hydrogen-bond donors (Lipinski definition) is 1. The summed E-state index contributed by atoms with van der Waals surface area (Å²) in [6.45, 7) is 8.85. The van der Waals surface area contributed by atoms with Gasteiger partial charge in [-0.15, -0.1) is 11.3 Å². The van der Waals surface area contributed by atoms with Crippen LogP contribution in [0.2, 0.25) is 0 Å². The van der Waals surface area contributed by atoms with Crippen molar-refractivity contribution in [3.8, 4) is 5.75 Å². The minimum Gasteiger partial charge on any atom is -0.492 e. The topological polar surface area (TPSA) is 34.1 Å². The average molecular weight is 290 g/mol. The normalized spacial score (nSPS) is 11.6. The third-order valence-corrected chi connectivity index (χ3v) is 3.74. The Morgan fingerprint density at radius 1 is 1.20 bits per heavy atom. The largest absolute Gasteiger partial charge is 0.492 e. The number of para-hydroxylation sites is 1. The van der Waals surface area contributed by atoms with E-state index in [1.54, 1.807) is 11.3 Å². The zero-order valence-corrected chi connectivity index (χ0v) is 13.2. The number of aromatic nitrogens is 1. The van der Waals surface area contributed by atoms with Crippen molar-refractivity contribution >= 4 is 11.3 Å². The first-order valence-corrected chi connectivity index (χ1v) is 7.77. The molecule has 0 amide bonds. The number of hydrogen-bond acceptors (Lipinski definition) is 4. The average Bonchev–Trinajstić information content (AvgIpc) is 2.88. The number of nitrogens with zero attached hydrogens (tertiary/aromatic N) is 1. The summed E-state index contributed by atoms with van der Waals surface area (Å²) in [7, 11) is 0. The number of ether oxygens (including phenoxy) is 1. The molecule has 0 unspecified atom stereocenters. The Hall–Kier alpha value is -1.39. The maximum atomic E-state index is 5.62. The molecule has 1 aromatic heterocycles. The summed E-state index contributed by atoms with van der Waals surface area (Å²) in [5, 5.41) is 6.64. The smallest absolute Gasteiger partial charge is 0.119 e. The summed E-state index contributed by atoms with van der Waals surface area (Å²) >= 11 is 1.72. The second-order valence-electron chi connectivity index (χ2n) is 5.71. The Bertz CT molecular complexity index is 517. The van der Waals surface area contributed by atoms with Gasteiger partial charge in [0, 0.05) is 23.9 Å². The molecule has 0 saturated heterocycles. The number of benzene rings is 1. The van der Waals surface area contributed by atoms with E-state index in [1.165, 1.54) is 5.69 Å². The molecule has 1 heterocycles. The van der Waals surface area contributed by atoms with Crippen LogP contribution in [0.5, 0.6) is 5.75 Å². The van der Waals surface area contributed by atoms with E-state index < -0.39 is 0 Å². The lowest BCUT2D eigenvalue weighted by Gasteiger charge is -2.14. The first kappa shape index (κ1) is 15.0. The summed E-state index contributed by atoms with van der Waals surface area (Å²) < 4.78 is 5.62. The van der Waals surface area contributed by atoms with Gasteiger partial charge in [0.15, 0.2) is 0 Å². The van der Waals surface area contributed by atoms with Gasteiger partial charge in [-0.25, -0.2) is 4.98 Å². The molecule has 20 heavy (non-hydrogen) atoms. The molecule has 0 aliphatic rings. The van der Waals surface area contributed by atoms with E-state index in [2.05, 4.69) is 36.5 Å². The minimum absolute atomic E-state index is 0.130. The molecule has 0 atom stereocenters. The van der Waals surface area contributed by atoms with Crippen LogP contribution < -0.4 is 10.1 Å². The molecule has 108 valence electrons. The fourth-order valence-corrected chi connectivity index (χ4v) is 2.68. The number of rotatable bonds is 6. The van der Waals surface area contributed by atoms with Crippen LogP contribution in [0.15, 0.2) is 35.7 Å². The fourth-order valence-electron chi connectivity index (χ4n) is 1.69. The molecule has 2 aromatic rings. The van der Waals surface area contributed by atoms with Gasteiger partial charge in [0.25, 0.3) is 0 Å². The summed E-state index contributed by atoms with van der Waals surface area (Å²) in [5.41, 5.74) is 1.30. The van der Waals surface area contributed by atoms with Crippen molar-refractivity contribution in [1.82, 2.24) is 10.3 Å². The minimum atomic E-state index is 0.130. The van der Waals surface area contributed by atoms with Crippen molar-refractivity contribution in [2.24, 2.45) is 0 Å². The molecule has 3 nitrogen and oxygen atoms in total. The van der Waals surface area contributed by atoms with E-state index in [1.807, 2.05) is 30.3 Å². The summed E-state index contributed by atoms with van der Waals surface area (Å²) in [6.07, 6.45) is 0. The zero-order chi connectivity index (χ0) is 14.4. The first-order chi connectivity index (χ1) is 9.55. The van der Waals surface area contributed by atoms with Gasteiger partial charge in [0.1, 0.15) is 17.4 Å². The maximum Gasteiger partial charge on any atom is 0.119 e. The Labute approximate surface area is 125 Å². The molecule has 2 rings (SSSR count). The van der Waals surface area contributed by atoms with E-state index in [-0.39, 0.29) is 5.41 Å². The molecule has 4 heteroatoms. The molecular weight excluding hydrogens is 268 g/mol. The quantitative estimate of drug-likeness (QED) is 0.825. The van der Waals surface area contributed by atoms with E-state index >= 15 is 0 Å². The molecule has 1 aromatic carbocycles. The lowest BCUT2D eigenvalue weighted by atomic mass is 9.93. The summed E-state index contributed by atoms with van der Waals surface area (Å²) in [4.78, 5) is 4.65. The Balaban J connectivity index is 1.67. The summed E-state index contributed by atoms with van der Waals surface area (Å²) in [6, 6.07) is 9.88. The predicted molar refractivity (Wildman–Crippen MR) is 84.5 cm³/mol. The molecule has 0 radical (unpaired) electrons. The molecule has 0 aliphatic carbocycles. The SMILES string of the molecule is CC(C)(C)c1csc(CNCCOc2ccccc2)n1. The van der Waals surface area contributed by atoms with Crippen molar-refractivity contribution in [3.63, 3.8) is 0 Å². The second-order valence-corrected chi connectivity index (χ2v) is 6.66. The predicted octanol–water partition coefficient (Wildman–Crippen LogP) is 3.61. The number of thiazole rings is 1. The monoisotopic (exact) mass is 290 g/mol. The molecule has 0 spiro atoms. The van der Waals surface area contributed by atoms with Crippen LogP contribution >= 0.6 is 11.3 Å². The third-order valence-electron chi connectivity index (χ3n) is 2.89. The van der Waals surface area contributed by atoms with Gasteiger partial charge in [-0.2, -0.15) is 0 Å². The Morgan fingerprint density at radius 3 is 2.60 bits per heavy atom. The highest BCUT2D eigenvalue weighted by molar-refractivity contribution is 7.09. The van der Waals surface area contributed by atoms with Gasteiger partial charge in [-0.05, 0) is 12.1 Å². The van der Waals surface area contributed by atoms with Crippen molar-refractivity contribution in [1.29, 1.82) is 0 Å². The van der Waals surface area contributed by atoms with Crippen LogP contribution in [0.1, 0.15) is 31.5 Å². The van der Waals surface area contributed by atoms with Crippen LogP contribution in [-0.4, -0.2) is 18.1 Å². The Kier molecular flexibility index (Phi) is 5.15. The van der Waals surface area contributed by atoms with Crippen LogP contribution in [0, 0.1) is 0 Å². The molecule has 0 aliphatic heterocycles. The highest BCUT2D eigenvalue weighted by atomic mass is 32.1. The van der Waals surface area contributed by atoms with Crippen molar-refractivity contribution in [2.45, 2.75) is 32.7 Å². The first-order valence-electron chi connectivity index (χ1n) is 6.89. The second kappa shape index (κ2) is 6.86. The lowest BCUT2D eigenvalue weighted by molar-refractivity contribution is 0.313. The lowest BCUT2D eigenvalue weighted by Crippen LogP contribution is -2.20. The highest BCUT2D eigenvalue weighted by Crippen LogP contribution is 2.23. The third kappa shape index (κ3) is 4.62. The molecule has 0 fully saturated rings. The van der Waals surface area contributed by atoms with Crippen LogP contribution in [0.3, 0.4) is 0 Å². The number of nitrogens with one attached hydrogen (secondary N) is 1. The molecule has 0 saturated carbocycles. The van der Waals surface area contributed by atoms with Gasteiger partial charge in [0.2, 0.25) is 0 Å². The van der Waals surface area contributed by atoms with Crippen LogP contribution in [-0.2, 0) is 12.0 Å². The van der Waals surface area contributed by atoms with Crippen LogP contribution in [0.4, 0.5) is 0 Å². The van der Waals surface area contributed by atoms with E-state index in [0.29, 0.717) is 6.61 Å². The van der Waals surface area contributed by atoms with E-state index in [4.69, 9.17) is 4.74 Å². The van der Waals surface area contributed by atoms with Gasteiger partial charge in [0.05, 0.1) is 5.69 Å². The maximum absolute atomic E-state index is 5.62.